The summed E-state index contributed by atoms with van der Waals surface area (Å²) in [4.78, 5) is 21.8. The summed E-state index contributed by atoms with van der Waals surface area (Å²) >= 11 is 5.40. The van der Waals surface area contributed by atoms with Crippen molar-refractivity contribution in [3.63, 3.8) is 0 Å². The molecule has 2 rings (SSSR count). The van der Waals surface area contributed by atoms with Crippen molar-refractivity contribution >= 4 is 37.4 Å². The quantitative estimate of drug-likeness (QED) is 0.276. The van der Waals surface area contributed by atoms with Gasteiger partial charge < -0.3 is 24.3 Å². The normalized spacial score (nSPS) is 14.9. The molecule has 0 aliphatic rings. The van der Waals surface area contributed by atoms with E-state index in [0.717, 1.165) is 0 Å². The number of carbonyl (C=O) groups is 2. The molecule has 0 aromatic heterocycles. The minimum Gasteiger partial charge on any atom is -0.465 e. The second-order valence-electron chi connectivity index (χ2n) is 7.54. The van der Waals surface area contributed by atoms with Gasteiger partial charge in [0.25, 0.3) is 0 Å². The molecule has 0 spiro atoms. The predicted molar refractivity (Wildman–Crippen MR) is 147 cm³/mol. The Morgan fingerprint density at radius 2 is 1.24 bits per heavy atom. The second-order valence-corrected chi connectivity index (χ2v) is 13.2. The van der Waals surface area contributed by atoms with Crippen LogP contribution in [0.3, 0.4) is 0 Å². The Hall–Kier alpha value is -2.35. The van der Waals surface area contributed by atoms with Crippen molar-refractivity contribution in [2.75, 3.05) is 26.5 Å². The molecule has 2 aromatic rings. The van der Waals surface area contributed by atoms with Gasteiger partial charge in [0.2, 0.25) is 0 Å². The number of esters is 2. The van der Waals surface area contributed by atoms with E-state index >= 15 is 0 Å². The Balaban J connectivity index is 0.000000580. The summed E-state index contributed by atoms with van der Waals surface area (Å²) in [6, 6.07) is 16.5. The maximum Gasteiger partial charge on any atom is 0.333 e. The van der Waals surface area contributed by atoms with Gasteiger partial charge in [0.05, 0.1) is 13.2 Å². The summed E-state index contributed by atoms with van der Waals surface area (Å²) in [6.07, 6.45) is 0. The third kappa shape index (κ3) is 18.5. The van der Waals surface area contributed by atoms with E-state index in [-0.39, 0.29) is 5.97 Å². The van der Waals surface area contributed by atoms with Crippen LogP contribution in [0.2, 0.25) is 0 Å². The van der Waals surface area contributed by atoms with Crippen molar-refractivity contribution in [1.82, 2.24) is 5.09 Å². The summed E-state index contributed by atoms with van der Waals surface area (Å²) in [5, 5.41) is 2.65. The van der Waals surface area contributed by atoms with Crippen molar-refractivity contribution < 1.29 is 37.2 Å². The van der Waals surface area contributed by atoms with Crippen LogP contribution in [0.25, 0.3) is 0 Å². The third-order valence-corrected chi connectivity index (χ3v) is 5.92. The number of hydrogen-bond donors (Lipinski definition) is 2. The molecule has 0 aliphatic carbocycles. The molecule has 0 amide bonds. The molecule has 208 valence electrons. The molecule has 13 heteroatoms. The monoisotopic (exact) mass is 578 g/mol. The van der Waals surface area contributed by atoms with E-state index in [2.05, 4.69) is 9.82 Å². The lowest BCUT2D eigenvalue weighted by molar-refractivity contribution is -0.145. The molecule has 0 bridgehead atoms. The lowest BCUT2D eigenvalue weighted by Gasteiger charge is -2.20. The minimum atomic E-state index is -3.10. The number of nitrogens with one attached hydrogen (secondary N) is 1. The third-order valence-electron chi connectivity index (χ3n) is 3.76. The Morgan fingerprint density at radius 1 is 0.838 bits per heavy atom. The van der Waals surface area contributed by atoms with Gasteiger partial charge in [-0.15, -0.1) is 0 Å². The van der Waals surface area contributed by atoms with Crippen molar-refractivity contribution in [3.05, 3.63) is 60.7 Å². The SMILES string of the molecule is CCOC(=O)C(C)N.CCOC(=O)C(C)NP(C)(=O)Oc1ccccc1.CP(=O)(Cl)Oc1ccccc1. The number of carbonyl (C=O) groups excluding carboxylic acids is 2. The molecular weight excluding hydrogens is 542 g/mol. The molecule has 0 heterocycles. The Morgan fingerprint density at radius 3 is 1.59 bits per heavy atom. The number of halogens is 1. The zero-order valence-electron chi connectivity index (χ0n) is 22.0. The first kappa shape index (κ1) is 34.6. The van der Waals surface area contributed by atoms with E-state index in [0.29, 0.717) is 24.7 Å². The van der Waals surface area contributed by atoms with E-state index in [4.69, 9.17) is 30.8 Å². The lowest BCUT2D eigenvalue weighted by atomic mass is 10.3. The average Bonchev–Trinajstić information content (AvgIpc) is 2.80. The summed E-state index contributed by atoms with van der Waals surface area (Å²) in [5.41, 5.74) is 5.15. The molecular formula is C24H37ClN2O8P2. The first-order chi connectivity index (χ1) is 17.2. The van der Waals surface area contributed by atoms with Crippen LogP contribution in [0.1, 0.15) is 27.7 Å². The maximum atomic E-state index is 12.2. The molecule has 37 heavy (non-hydrogen) atoms. The molecule has 0 saturated heterocycles. The Kier molecular flexibility index (Phi) is 16.9. The molecule has 2 aromatic carbocycles. The van der Waals surface area contributed by atoms with Gasteiger partial charge in [-0.1, -0.05) is 36.4 Å². The van der Waals surface area contributed by atoms with Gasteiger partial charge in [-0.3, -0.25) is 18.7 Å². The van der Waals surface area contributed by atoms with E-state index in [9.17, 15) is 18.7 Å². The molecule has 10 nitrogen and oxygen atoms in total. The zero-order chi connectivity index (χ0) is 28.5. The maximum absolute atomic E-state index is 12.2. The standard InChI is InChI=1S/C12H18NO4P.C7H8ClO2P.C5H11NO2/c1-4-16-12(14)10(2)13-18(3,15)17-11-8-6-5-7-9-11;1-11(8,9)10-7-5-3-2-4-6-7;1-3-8-5(7)4(2)6/h5-10H,4H2,1-3H3,(H,13,15);2-6H,1H3;4H,3,6H2,1-2H3. The highest BCUT2D eigenvalue weighted by atomic mass is 35.7. The number of nitrogens with two attached hydrogens (primary N) is 1. The smallest absolute Gasteiger partial charge is 0.333 e. The molecule has 4 atom stereocenters. The minimum absolute atomic E-state index is 0.290. The predicted octanol–water partition coefficient (Wildman–Crippen LogP) is 5.45. The molecule has 0 fully saturated rings. The van der Waals surface area contributed by atoms with Gasteiger partial charge in [-0.2, -0.15) is 0 Å². The highest BCUT2D eigenvalue weighted by Gasteiger charge is 2.25. The number of hydrogen-bond acceptors (Lipinski definition) is 9. The van der Waals surface area contributed by atoms with E-state index in [1.54, 1.807) is 76.2 Å². The fourth-order valence-electron chi connectivity index (χ4n) is 2.32. The number of para-hydroxylation sites is 2. The van der Waals surface area contributed by atoms with Crippen molar-refractivity contribution in [1.29, 1.82) is 0 Å². The van der Waals surface area contributed by atoms with Crippen LogP contribution < -0.4 is 19.9 Å². The van der Waals surface area contributed by atoms with E-state index in [1.165, 1.54) is 13.3 Å². The number of benzene rings is 2. The second kappa shape index (κ2) is 18.0. The topological polar surface area (TPSA) is 143 Å². The van der Waals surface area contributed by atoms with Crippen molar-refractivity contribution in [3.8, 4) is 11.5 Å². The van der Waals surface area contributed by atoms with Gasteiger partial charge >= 0.3 is 26.2 Å². The molecule has 0 radical (unpaired) electrons. The highest BCUT2D eigenvalue weighted by Crippen LogP contribution is 2.47. The van der Waals surface area contributed by atoms with Crippen LogP contribution in [-0.2, 0) is 28.2 Å². The fraction of sp³-hybridized carbons (Fsp3) is 0.417. The highest BCUT2D eigenvalue weighted by molar-refractivity contribution is 7.85. The first-order valence-corrected chi connectivity index (χ1v) is 16.5. The van der Waals surface area contributed by atoms with Crippen molar-refractivity contribution in [2.45, 2.75) is 39.8 Å². The number of ether oxygens (including phenoxy) is 2. The molecule has 4 unspecified atom stereocenters. The summed E-state index contributed by atoms with van der Waals surface area (Å²) in [5.74, 6) is 0.240. The molecule has 3 N–H and O–H groups in total. The molecule has 0 saturated carbocycles. The Bertz CT molecular complexity index is 1020. The van der Waals surface area contributed by atoms with Gasteiger partial charge in [-0.05, 0) is 63.2 Å². The summed E-state index contributed by atoms with van der Waals surface area (Å²) in [7, 11) is -3.10. The Labute approximate surface area is 223 Å². The summed E-state index contributed by atoms with van der Waals surface area (Å²) in [6.45, 7) is 7.22. The van der Waals surface area contributed by atoms with Gasteiger partial charge in [0.1, 0.15) is 23.6 Å². The first-order valence-electron chi connectivity index (χ1n) is 11.4. The average molecular weight is 579 g/mol. The summed E-state index contributed by atoms with van der Waals surface area (Å²) < 4.78 is 42.7. The van der Waals surface area contributed by atoms with E-state index < -0.39 is 32.3 Å². The van der Waals surface area contributed by atoms with Crippen LogP contribution in [0.4, 0.5) is 0 Å². The van der Waals surface area contributed by atoms with Crippen LogP contribution in [-0.4, -0.2) is 50.6 Å². The zero-order valence-corrected chi connectivity index (χ0v) is 24.5. The fourth-order valence-corrected chi connectivity index (χ4v) is 4.45. The van der Waals surface area contributed by atoms with E-state index in [1.807, 2.05) is 12.1 Å². The van der Waals surface area contributed by atoms with Gasteiger partial charge in [0, 0.05) is 13.3 Å². The van der Waals surface area contributed by atoms with Gasteiger partial charge in [-0.25, -0.2) is 5.09 Å². The van der Waals surface area contributed by atoms with Crippen LogP contribution >= 0.6 is 25.5 Å². The van der Waals surface area contributed by atoms with Crippen LogP contribution in [0, 0.1) is 0 Å². The van der Waals surface area contributed by atoms with Crippen molar-refractivity contribution in [2.24, 2.45) is 5.73 Å². The van der Waals surface area contributed by atoms with Gasteiger partial charge in [0.15, 0.2) is 0 Å². The largest absolute Gasteiger partial charge is 0.465 e. The lowest BCUT2D eigenvalue weighted by Crippen LogP contribution is -2.34. The van der Waals surface area contributed by atoms with Crippen LogP contribution in [0.15, 0.2) is 60.7 Å². The molecule has 0 aliphatic heterocycles. The van der Waals surface area contributed by atoms with Crippen LogP contribution in [0.5, 0.6) is 11.5 Å². The number of rotatable bonds is 10.